The van der Waals surface area contributed by atoms with Crippen LogP contribution in [-0.2, 0) is 24.2 Å². The Labute approximate surface area is 166 Å². The van der Waals surface area contributed by atoms with Gasteiger partial charge in [0.05, 0.1) is 4.88 Å². The first-order valence-corrected chi connectivity index (χ1v) is 10.1. The fourth-order valence-corrected chi connectivity index (χ4v) is 3.85. The number of carbonyl (C=O) groups excluding carboxylic acids is 1. The molecule has 144 valence electrons. The molecule has 0 fully saturated rings. The van der Waals surface area contributed by atoms with Crippen molar-refractivity contribution in [3.8, 4) is 10.7 Å². The Morgan fingerprint density at radius 3 is 2.86 bits per heavy atom. The van der Waals surface area contributed by atoms with E-state index in [1.165, 1.54) is 0 Å². The van der Waals surface area contributed by atoms with Gasteiger partial charge in [-0.25, -0.2) is 0 Å². The molecule has 0 N–H and O–H groups in total. The van der Waals surface area contributed by atoms with Crippen LogP contribution in [0.2, 0.25) is 0 Å². The van der Waals surface area contributed by atoms with Crippen molar-refractivity contribution in [1.29, 1.82) is 0 Å². The van der Waals surface area contributed by atoms with Crippen LogP contribution >= 0.6 is 11.3 Å². The molecule has 0 saturated carbocycles. The standard InChI is InChI=1S/C21H21N3O3S/c1-3-16-15(14-7-4-5-8-17(14)26-16)13-24(2)20(25)11-10-19-22-21(23-27-19)18-9-6-12-28-18/h4-9,12H,3,10-11,13H2,1-2H3. The molecule has 0 saturated heterocycles. The minimum atomic E-state index is 0.0307. The molecule has 0 aliphatic carbocycles. The fraction of sp³-hybridized carbons (Fsp3) is 0.286. The van der Waals surface area contributed by atoms with Gasteiger partial charge in [0.15, 0.2) is 0 Å². The molecule has 0 radical (unpaired) electrons. The Morgan fingerprint density at radius 2 is 2.07 bits per heavy atom. The summed E-state index contributed by atoms with van der Waals surface area (Å²) < 4.78 is 11.2. The Hall–Kier alpha value is -2.93. The largest absolute Gasteiger partial charge is 0.461 e. The highest BCUT2D eigenvalue weighted by Gasteiger charge is 2.18. The molecule has 1 aromatic carbocycles. The van der Waals surface area contributed by atoms with Gasteiger partial charge < -0.3 is 13.8 Å². The molecule has 3 aromatic heterocycles. The Kier molecular flexibility index (Phi) is 5.25. The Morgan fingerprint density at radius 1 is 1.21 bits per heavy atom. The van der Waals surface area contributed by atoms with Gasteiger partial charge >= 0.3 is 0 Å². The summed E-state index contributed by atoms with van der Waals surface area (Å²) in [6.07, 6.45) is 1.54. The van der Waals surface area contributed by atoms with E-state index in [0.717, 1.165) is 33.6 Å². The molecule has 0 atom stereocenters. The van der Waals surface area contributed by atoms with Gasteiger partial charge in [-0.05, 0) is 17.5 Å². The summed E-state index contributed by atoms with van der Waals surface area (Å²) in [6, 6.07) is 11.8. The van der Waals surface area contributed by atoms with E-state index in [1.54, 1.807) is 16.2 Å². The lowest BCUT2D eigenvalue weighted by Gasteiger charge is -2.17. The van der Waals surface area contributed by atoms with Gasteiger partial charge in [0.1, 0.15) is 11.3 Å². The number of hydrogen-bond donors (Lipinski definition) is 0. The monoisotopic (exact) mass is 395 g/mol. The van der Waals surface area contributed by atoms with Gasteiger partial charge in [-0.1, -0.05) is 36.3 Å². The van der Waals surface area contributed by atoms with Crippen LogP contribution in [0.15, 0.2) is 50.7 Å². The molecule has 0 aliphatic rings. The van der Waals surface area contributed by atoms with Crippen LogP contribution in [0.4, 0.5) is 0 Å². The number of aromatic nitrogens is 2. The maximum Gasteiger partial charge on any atom is 0.227 e. The first-order valence-electron chi connectivity index (χ1n) is 9.25. The summed E-state index contributed by atoms with van der Waals surface area (Å²) in [7, 11) is 1.81. The molecule has 0 bridgehead atoms. The maximum absolute atomic E-state index is 12.6. The zero-order chi connectivity index (χ0) is 19.5. The number of hydrogen-bond acceptors (Lipinski definition) is 6. The highest BCUT2D eigenvalue weighted by atomic mass is 32.1. The highest BCUT2D eigenvalue weighted by molar-refractivity contribution is 7.13. The lowest BCUT2D eigenvalue weighted by Crippen LogP contribution is -2.26. The van der Waals surface area contributed by atoms with Crippen LogP contribution in [0.5, 0.6) is 0 Å². The van der Waals surface area contributed by atoms with E-state index in [0.29, 0.717) is 31.1 Å². The van der Waals surface area contributed by atoms with E-state index in [9.17, 15) is 4.79 Å². The third kappa shape index (κ3) is 3.71. The van der Waals surface area contributed by atoms with Gasteiger partial charge in [-0.15, -0.1) is 11.3 Å². The molecule has 3 heterocycles. The molecule has 28 heavy (non-hydrogen) atoms. The van der Waals surface area contributed by atoms with E-state index in [1.807, 2.05) is 48.8 Å². The maximum atomic E-state index is 12.6. The quantitative estimate of drug-likeness (QED) is 0.454. The molecular formula is C21H21N3O3S. The molecule has 6 nitrogen and oxygen atoms in total. The topological polar surface area (TPSA) is 72.4 Å². The second kappa shape index (κ2) is 7.98. The molecule has 1 amide bonds. The van der Waals surface area contributed by atoms with E-state index in [2.05, 4.69) is 17.1 Å². The zero-order valence-electron chi connectivity index (χ0n) is 15.8. The zero-order valence-corrected chi connectivity index (χ0v) is 16.7. The summed E-state index contributed by atoms with van der Waals surface area (Å²) >= 11 is 1.56. The average molecular weight is 395 g/mol. The van der Waals surface area contributed by atoms with Gasteiger partial charge in [0.2, 0.25) is 17.6 Å². The van der Waals surface area contributed by atoms with Crippen molar-refractivity contribution < 1.29 is 13.7 Å². The molecular weight excluding hydrogens is 374 g/mol. The van der Waals surface area contributed by atoms with Gasteiger partial charge in [0.25, 0.3) is 0 Å². The van der Waals surface area contributed by atoms with Gasteiger partial charge in [0, 0.05) is 43.8 Å². The molecule has 4 rings (SSSR count). The van der Waals surface area contributed by atoms with Crippen LogP contribution in [0.3, 0.4) is 0 Å². The third-order valence-corrected chi connectivity index (χ3v) is 5.55. The second-order valence-electron chi connectivity index (χ2n) is 6.59. The smallest absolute Gasteiger partial charge is 0.227 e. The summed E-state index contributed by atoms with van der Waals surface area (Å²) in [5, 5.41) is 7.02. The van der Waals surface area contributed by atoms with Crippen LogP contribution in [0, 0.1) is 0 Å². The number of fused-ring (bicyclic) bond motifs is 1. The van der Waals surface area contributed by atoms with E-state index >= 15 is 0 Å². The van der Waals surface area contributed by atoms with Crippen molar-refractivity contribution in [1.82, 2.24) is 15.0 Å². The number of para-hydroxylation sites is 1. The van der Waals surface area contributed by atoms with Gasteiger partial charge in [-0.3, -0.25) is 4.79 Å². The normalized spacial score (nSPS) is 11.2. The highest BCUT2D eigenvalue weighted by Crippen LogP contribution is 2.27. The molecule has 4 aromatic rings. The minimum absolute atomic E-state index is 0.0307. The third-order valence-electron chi connectivity index (χ3n) is 4.69. The number of aryl methyl sites for hydroxylation is 2. The molecule has 0 spiro atoms. The molecule has 0 unspecified atom stereocenters. The first kappa shape index (κ1) is 18.4. The summed E-state index contributed by atoms with van der Waals surface area (Å²) in [5.74, 6) is 2.01. The first-order chi connectivity index (χ1) is 13.7. The number of amides is 1. The number of carbonyl (C=O) groups is 1. The van der Waals surface area contributed by atoms with Crippen molar-refractivity contribution in [2.45, 2.75) is 32.7 Å². The lowest BCUT2D eigenvalue weighted by molar-refractivity contribution is -0.130. The number of benzene rings is 1. The Balaban J connectivity index is 1.40. The molecule has 0 aliphatic heterocycles. The predicted molar refractivity (Wildman–Crippen MR) is 108 cm³/mol. The van der Waals surface area contributed by atoms with Crippen LogP contribution in [0.25, 0.3) is 21.7 Å². The van der Waals surface area contributed by atoms with Crippen molar-refractivity contribution in [2.24, 2.45) is 0 Å². The number of rotatable bonds is 7. The summed E-state index contributed by atoms with van der Waals surface area (Å²) in [6.45, 7) is 2.58. The van der Waals surface area contributed by atoms with Gasteiger partial charge in [-0.2, -0.15) is 4.98 Å². The minimum Gasteiger partial charge on any atom is -0.461 e. The van der Waals surface area contributed by atoms with E-state index in [-0.39, 0.29) is 5.91 Å². The SMILES string of the molecule is CCc1oc2ccccc2c1CN(C)C(=O)CCc1nc(-c2cccs2)no1. The lowest BCUT2D eigenvalue weighted by atomic mass is 10.1. The predicted octanol–water partition coefficient (Wildman–Crippen LogP) is 4.70. The average Bonchev–Trinajstić information content (AvgIpc) is 3.45. The van der Waals surface area contributed by atoms with E-state index < -0.39 is 0 Å². The molecule has 7 heteroatoms. The number of thiophene rings is 1. The summed E-state index contributed by atoms with van der Waals surface area (Å²) in [5.41, 5.74) is 1.94. The Bertz CT molecular complexity index is 1080. The van der Waals surface area contributed by atoms with Crippen molar-refractivity contribution in [2.75, 3.05) is 7.05 Å². The van der Waals surface area contributed by atoms with Crippen LogP contribution < -0.4 is 0 Å². The fourth-order valence-electron chi connectivity index (χ4n) is 3.20. The van der Waals surface area contributed by atoms with Crippen LogP contribution in [-0.4, -0.2) is 28.0 Å². The van der Waals surface area contributed by atoms with Crippen molar-refractivity contribution >= 4 is 28.2 Å². The van der Waals surface area contributed by atoms with Crippen LogP contribution in [0.1, 0.15) is 30.6 Å². The van der Waals surface area contributed by atoms with E-state index in [4.69, 9.17) is 8.94 Å². The van der Waals surface area contributed by atoms with Crippen molar-refractivity contribution in [3.63, 3.8) is 0 Å². The number of nitrogens with zero attached hydrogens (tertiary/aromatic N) is 3. The van der Waals surface area contributed by atoms with Crippen molar-refractivity contribution in [3.05, 3.63) is 59.0 Å². The second-order valence-corrected chi connectivity index (χ2v) is 7.54. The summed E-state index contributed by atoms with van der Waals surface area (Å²) in [4.78, 5) is 19.7. The number of furan rings is 1.